The lowest BCUT2D eigenvalue weighted by Crippen LogP contribution is -2.25. The van der Waals surface area contributed by atoms with Gasteiger partial charge in [0.25, 0.3) is 5.91 Å². The maximum absolute atomic E-state index is 12.4. The largest absolute Gasteiger partial charge is 0.337 e. The van der Waals surface area contributed by atoms with E-state index in [-0.39, 0.29) is 5.91 Å². The summed E-state index contributed by atoms with van der Waals surface area (Å²) in [5.41, 5.74) is 1.41. The van der Waals surface area contributed by atoms with Crippen LogP contribution in [0.5, 0.6) is 0 Å². The summed E-state index contributed by atoms with van der Waals surface area (Å²) < 4.78 is 0.723. The lowest BCUT2D eigenvalue weighted by molar-refractivity contribution is 0.0786. The van der Waals surface area contributed by atoms with Gasteiger partial charge in [0.05, 0.1) is 10.9 Å². The van der Waals surface area contributed by atoms with Crippen molar-refractivity contribution in [1.82, 2.24) is 25.5 Å². The molecule has 2 aromatic heterocycles. The Morgan fingerprint density at radius 3 is 2.64 bits per heavy atom. The van der Waals surface area contributed by atoms with E-state index in [4.69, 9.17) is 11.6 Å². The predicted octanol–water partition coefficient (Wildman–Crippen LogP) is 2.85. The van der Waals surface area contributed by atoms with Gasteiger partial charge in [-0.1, -0.05) is 23.7 Å². The van der Waals surface area contributed by atoms with E-state index in [0.717, 1.165) is 14.8 Å². The van der Waals surface area contributed by atoms with Gasteiger partial charge in [0.1, 0.15) is 0 Å². The Kier molecular flexibility index (Phi) is 4.17. The second kappa shape index (κ2) is 6.25. The molecule has 0 bridgehead atoms. The van der Waals surface area contributed by atoms with Crippen LogP contribution in [0, 0.1) is 0 Å². The third-order valence-electron chi connectivity index (χ3n) is 3.10. The number of rotatable bonds is 4. The number of thiophene rings is 1. The molecule has 1 N–H and O–H groups in total. The van der Waals surface area contributed by atoms with E-state index in [2.05, 4.69) is 20.6 Å². The number of halogens is 1. The summed E-state index contributed by atoms with van der Waals surface area (Å²) in [7, 11) is 1.77. The van der Waals surface area contributed by atoms with Crippen molar-refractivity contribution in [3.8, 4) is 11.4 Å². The van der Waals surface area contributed by atoms with Gasteiger partial charge in [-0.3, -0.25) is 4.79 Å². The van der Waals surface area contributed by atoms with Crippen molar-refractivity contribution in [3.05, 3.63) is 51.2 Å². The summed E-state index contributed by atoms with van der Waals surface area (Å²) in [5.74, 6) is 0.449. The van der Waals surface area contributed by atoms with Crippen molar-refractivity contribution in [2.24, 2.45) is 0 Å². The van der Waals surface area contributed by atoms with Crippen molar-refractivity contribution >= 4 is 28.8 Å². The van der Waals surface area contributed by atoms with Crippen LogP contribution in [0.3, 0.4) is 0 Å². The van der Waals surface area contributed by atoms with Gasteiger partial charge in [-0.2, -0.15) is 5.21 Å². The first kappa shape index (κ1) is 14.7. The number of hydrogen-bond donors (Lipinski definition) is 1. The van der Waals surface area contributed by atoms with Gasteiger partial charge in [0.15, 0.2) is 0 Å². The molecule has 0 radical (unpaired) electrons. The van der Waals surface area contributed by atoms with Gasteiger partial charge >= 0.3 is 0 Å². The molecule has 3 rings (SSSR count). The Balaban J connectivity index is 1.71. The van der Waals surface area contributed by atoms with Crippen molar-refractivity contribution < 1.29 is 4.79 Å². The minimum absolute atomic E-state index is 0.0517. The van der Waals surface area contributed by atoms with Gasteiger partial charge in [-0.15, -0.1) is 21.5 Å². The van der Waals surface area contributed by atoms with E-state index < -0.39 is 0 Å². The summed E-state index contributed by atoms with van der Waals surface area (Å²) in [6, 6.07) is 10.9. The summed E-state index contributed by atoms with van der Waals surface area (Å²) in [6.45, 7) is 0.531. The number of nitrogens with one attached hydrogen (secondary N) is 1. The Labute approximate surface area is 135 Å². The van der Waals surface area contributed by atoms with E-state index in [9.17, 15) is 4.79 Å². The Morgan fingerprint density at radius 1 is 1.27 bits per heavy atom. The van der Waals surface area contributed by atoms with Crippen LogP contribution in [-0.4, -0.2) is 38.5 Å². The molecule has 112 valence electrons. The minimum Gasteiger partial charge on any atom is -0.337 e. The normalized spacial score (nSPS) is 10.6. The average molecular weight is 334 g/mol. The number of H-pyrrole nitrogens is 1. The number of nitrogens with zero attached hydrogens (tertiary/aromatic N) is 4. The first-order valence-corrected chi connectivity index (χ1v) is 7.66. The molecule has 0 unspecified atom stereocenters. The molecule has 0 spiro atoms. The molecule has 0 aliphatic heterocycles. The topological polar surface area (TPSA) is 74.8 Å². The van der Waals surface area contributed by atoms with E-state index in [1.165, 1.54) is 11.3 Å². The van der Waals surface area contributed by atoms with Crippen LogP contribution in [0.2, 0.25) is 4.34 Å². The Hall–Kier alpha value is -2.25. The summed E-state index contributed by atoms with van der Waals surface area (Å²) in [6.07, 6.45) is 0. The van der Waals surface area contributed by atoms with Crippen LogP contribution in [0.4, 0.5) is 0 Å². The molecule has 0 atom stereocenters. The highest BCUT2D eigenvalue weighted by atomic mass is 35.5. The zero-order chi connectivity index (χ0) is 15.5. The number of hydrogen-bond acceptors (Lipinski definition) is 5. The van der Waals surface area contributed by atoms with Crippen LogP contribution in [-0.2, 0) is 6.54 Å². The summed E-state index contributed by atoms with van der Waals surface area (Å²) in [4.78, 5) is 15.1. The highest BCUT2D eigenvalue weighted by Gasteiger charge is 2.13. The predicted molar refractivity (Wildman–Crippen MR) is 84.7 cm³/mol. The number of aromatic amines is 1. The fourth-order valence-electron chi connectivity index (χ4n) is 2.01. The number of carbonyl (C=O) groups is 1. The van der Waals surface area contributed by atoms with Crippen LogP contribution < -0.4 is 0 Å². The van der Waals surface area contributed by atoms with Crippen LogP contribution in [0.1, 0.15) is 15.2 Å². The molecule has 0 fully saturated rings. The van der Waals surface area contributed by atoms with Crippen LogP contribution in [0.15, 0.2) is 36.4 Å². The number of carbonyl (C=O) groups excluding carboxylic acids is 1. The molecular weight excluding hydrogens is 322 g/mol. The highest BCUT2D eigenvalue weighted by molar-refractivity contribution is 7.16. The fourth-order valence-corrected chi connectivity index (χ4v) is 3.15. The van der Waals surface area contributed by atoms with Crippen molar-refractivity contribution in [2.75, 3.05) is 7.05 Å². The molecular formula is C14H12ClN5OS. The zero-order valence-electron chi connectivity index (χ0n) is 11.7. The highest BCUT2D eigenvalue weighted by Crippen LogP contribution is 2.23. The summed E-state index contributed by atoms with van der Waals surface area (Å²) in [5, 5.41) is 13.7. The van der Waals surface area contributed by atoms with Gasteiger partial charge < -0.3 is 4.90 Å². The molecule has 6 nitrogen and oxygen atoms in total. The Morgan fingerprint density at radius 2 is 2.05 bits per heavy atom. The third kappa shape index (κ3) is 3.15. The molecule has 0 saturated carbocycles. The van der Waals surface area contributed by atoms with Crippen molar-refractivity contribution in [2.45, 2.75) is 6.54 Å². The quantitative estimate of drug-likeness (QED) is 0.796. The maximum Gasteiger partial charge on any atom is 0.253 e. The second-order valence-electron chi connectivity index (χ2n) is 4.68. The number of tetrazole rings is 1. The molecule has 0 aliphatic carbocycles. The molecule has 0 saturated heterocycles. The summed E-state index contributed by atoms with van der Waals surface area (Å²) >= 11 is 7.38. The number of benzene rings is 1. The number of aromatic nitrogens is 4. The SMILES string of the molecule is CN(Cc1ccc(Cl)s1)C(=O)c1ccc(-c2nn[nH]n2)cc1. The average Bonchev–Trinajstić information content (AvgIpc) is 3.18. The maximum atomic E-state index is 12.4. The van der Waals surface area contributed by atoms with Gasteiger partial charge in [-0.05, 0) is 29.5 Å². The first-order chi connectivity index (χ1) is 10.6. The minimum atomic E-state index is -0.0517. The molecule has 1 aromatic carbocycles. The third-order valence-corrected chi connectivity index (χ3v) is 4.32. The standard InChI is InChI=1S/C14H12ClN5OS/c1-20(8-11-6-7-12(15)22-11)14(21)10-4-2-9(3-5-10)13-16-18-19-17-13/h2-7H,8H2,1H3,(H,16,17,18,19). The smallest absolute Gasteiger partial charge is 0.253 e. The zero-order valence-corrected chi connectivity index (χ0v) is 13.2. The van der Waals surface area contributed by atoms with Gasteiger partial charge in [-0.25, -0.2) is 0 Å². The van der Waals surface area contributed by atoms with Crippen LogP contribution in [0.25, 0.3) is 11.4 Å². The van der Waals surface area contributed by atoms with E-state index in [1.54, 1.807) is 36.2 Å². The molecule has 3 aromatic rings. The first-order valence-electron chi connectivity index (χ1n) is 6.47. The monoisotopic (exact) mass is 333 g/mol. The molecule has 1 amide bonds. The number of amides is 1. The lowest BCUT2D eigenvalue weighted by Gasteiger charge is -2.16. The molecule has 22 heavy (non-hydrogen) atoms. The van der Waals surface area contributed by atoms with Gasteiger partial charge in [0.2, 0.25) is 5.82 Å². The van der Waals surface area contributed by atoms with E-state index >= 15 is 0 Å². The fraction of sp³-hybridized carbons (Fsp3) is 0.143. The molecule has 2 heterocycles. The van der Waals surface area contributed by atoms with Crippen molar-refractivity contribution in [1.29, 1.82) is 0 Å². The van der Waals surface area contributed by atoms with E-state index in [1.807, 2.05) is 12.1 Å². The van der Waals surface area contributed by atoms with Crippen molar-refractivity contribution in [3.63, 3.8) is 0 Å². The van der Waals surface area contributed by atoms with Crippen LogP contribution >= 0.6 is 22.9 Å². The molecule has 8 heteroatoms. The lowest BCUT2D eigenvalue weighted by atomic mass is 10.1. The van der Waals surface area contributed by atoms with E-state index in [0.29, 0.717) is 17.9 Å². The molecule has 0 aliphatic rings. The second-order valence-corrected chi connectivity index (χ2v) is 6.48. The van der Waals surface area contributed by atoms with Gasteiger partial charge in [0, 0.05) is 23.1 Å². The Bertz CT molecular complexity index is 769.